The zero-order chi connectivity index (χ0) is 17.7. The Morgan fingerprint density at radius 3 is 2.54 bits per heavy atom. The van der Waals surface area contributed by atoms with Gasteiger partial charge in [0.1, 0.15) is 6.54 Å². The first-order chi connectivity index (χ1) is 11.3. The first-order valence-electron chi connectivity index (χ1n) is 6.97. The standard InChI is InChI=1S/C16H17ClN2O3S2/c1-23-15-8-4-7-14(10-15)19(24(2,21)22)11-16(20)18-13-6-3-5-12(17)9-13/h3-10H,11H2,1-2H3,(H,18,20). The van der Waals surface area contributed by atoms with Crippen molar-refractivity contribution in [3.63, 3.8) is 0 Å². The highest BCUT2D eigenvalue weighted by Crippen LogP contribution is 2.24. The Labute approximate surface area is 151 Å². The summed E-state index contributed by atoms with van der Waals surface area (Å²) in [7, 11) is -3.60. The van der Waals surface area contributed by atoms with Crippen molar-refractivity contribution in [1.29, 1.82) is 0 Å². The van der Waals surface area contributed by atoms with Crippen molar-refractivity contribution >= 4 is 50.7 Å². The molecule has 2 aromatic carbocycles. The van der Waals surface area contributed by atoms with E-state index >= 15 is 0 Å². The van der Waals surface area contributed by atoms with Crippen LogP contribution in [0.5, 0.6) is 0 Å². The van der Waals surface area contributed by atoms with Crippen LogP contribution in [0.25, 0.3) is 0 Å². The topological polar surface area (TPSA) is 66.5 Å². The second-order valence-corrected chi connectivity index (χ2v) is 8.25. The summed E-state index contributed by atoms with van der Waals surface area (Å²) in [6, 6.07) is 13.7. The first-order valence-corrected chi connectivity index (χ1v) is 10.4. The van der Waals surface area contributed by atoms with Gasteiger partial charge in [-0.3, -0.25) is 9.10 Å². The molecule has 0 atom stereocenters. The third-order valence-electron chi connectivity index (χ3n) is 3.14. The number of anilines is 2. The molecule has 0 heterocycles. The highest BCUT2D eigenvalue weighted by Gasteiger charge is 2.21. The van der Waals surface area contributed by atoms with Gasteiger partial charge in [0.15, 0.2) is 0 Å². The molecule has 2 rings (SSSR count). The van der Waals surface area contributed by atoms with E-state index < -0.39 is 15.9 Å². The number of hydrogen-bond acceptors (Lipinski definition) is 4. The average Bonchev–Trinajstić information content (AvgIpc) is 2.51. The van der Waals surface area contributed by atoms with Gasteiger partial charge in [0.25, 0.3) is 0 Å². The monoisotopic (exact) mass is 384 g/mol. The van der Waals surface area contributed by atoms with E-state index in [1.165, 1.54) is 11.8 Å². The van der Waals surface area contributed by atoms with Crippen LogP contribution in [0.3, 0.4) is 0 Å². The van der Waals surface area contributed by atoms with Crippen LogP contribution in [-0.4, -0.2) is 33.4 Å². The minimum Gasteiger partial charge on any atom is -0.324 e. The molecule has 0 aliphatic rings. The minimum atomic E-state index is -3.60. The van der Waals surface area contributed by atoms with Crippen LogP contribution in [0.2, 0.25) is 5.02 Å². The van der Waals surface area contributed by atoms with Crippen molar-refractivity contribution in [3.05, 3.63) is 53.6 Å². The largest absolute Gasteiger partial charge is 0.324 e. The van der Waals surface area contributed by atoms with Crippen molar-refractivity contribution in [1.82, 2.24) is 0 Å². The zero-order valence-electron chi connectivity index (χ0n) is 13.2. The van der Waals surface area contributed by atoms with Crippen LogP contribution in [0.1, 0.15) is 0 Å². The lowest BCUT2D eigenvalue weighted by Gasteiger charge is -2.22. The Bertz CT molecular complexity index is 841. The highest BCUT2D eigenvalue weighted by molar-refractivity contribution is 7.98. The van der Waals surface area contributed by atoms with E-state index in [-0.39, 0.29) is 6.54 Å². The molecule has 0 aliphatic carbocycles. The normalized spacial score (nSPS) is 11.1. The van der Waals surface area contributed by atoms with Crippen molar-refractivity contribution in [3.8, 4) is 0 Å². The molecule has 2 aromatic rings. The van der Waals surface area contributed by atoms with Crippen LogP contribution in [0.4, 0.5) is 11.4 Å². The van der Waals surface area contributed by atoms with E-state index in [2.05, 4.69) is 5.32 Å². The Kier molecular flexibility index (Phi) is 6.15. The van der Waals surface area contributed by atoms with Crippen LogP contribution in [0.15, 0.2) is 53.4 Å². The molecular weight excluding hydrogens is 368 g/mol. The van der Waals surface area contributed by atoms with Gasteiger partial charge in [0.05, 0.1) is 11.9 Å². The quantitative estimate of drug-likeness (QED) is 0.774. The molecule has 24 heavy (non-hydrogen) atoms. The number of sulfonamides is 1. The maximum Gasteiger partial charge on any atom is 0.245 e. The molecule has 1 amide bonds. The number of amides is 1. The van der Waals surface area contributed by atoms with E-state index in [0.717, 1.165) is 15.5 Å². The van der Waals surface area contributed by atoms with Gasteiger partial charge in [-0.2, -0.15) is 0 Å². The molecule has 0 bridgehead atoms. The molecule has 5 nitrogen and oxygen atoms in total. The van der Waals surface area contributed by atoms with Crippen molar-refractivity contribution < 1.29 is 13.2 Å². The summed E-state index contributed by atoms with van der Waals surface area (Å²) in [6.07, 6.45) is 2.97. The average molecular weight is 385 g/mol. The lowest BCUT2D eigenvalue weighted by atomic mass is 10.3. The third-order valence-corrected chi connectivity index (χ3v) is 5.24. The van der Waals surface area contributed by atoms with E-state index in [0.29, 0.717) is 16.4 Å². The Balaban J connectivity index is 2.21. The van der Waals surface area contributed by atoms with Crippen LogP contribution >= 0.6 is 23.4 Å². The van der Waals surface area contributed by atoms with Crippen molar-refractivity contribution in [2.45, 2.75) is 4.90 Å². The van der Waals surface area contributed by atoms with E-state index in [1.54, 1.807) is 42.5 Å². The molecule has 0 aliphatic heterocycles. The number of carbonyl (C=O) groups is 1. The molecule has 0 spiro atoms. The molecule has 0 radical (unpaired) electrons. The number of nitrogens with one attached hydrogen (secondary N) is 1. The number of nitrogens with zero attached hydrogens (tertiary/aromatic N) is 1. The second-order valence-electron chi connectivity index (χ2n) is 5.03. The van der Waals surface area contributed by atoms with Gasteiger partial charge in [-0.15, -0.1) is 11.8 Å². The first kappa shape index (κ1) is 18.6. The predicted molar refractivity (Wildman–Crippen MR) is 100 cm³/mol. The highest BCUT2D eigenvalue weighted by atomic mass is 35.5. The Morgan fingerprint density at radius 2 is 1.92 bits per heavy atom. The van der Waals surface area contributed by atoms with E-state index in [1.807, 2.05) is 12.3 Å². The fourth-order valence-corrected chi connectivity index (χ4v) is 3.55. The van der Waals surface area contributed by atoms with Crippen molar-refractivity contribution in [2.75, 3.05) is 28.7 Å². The molecular formula is C16H17ClN2O3S2. The van der Waals surface area contributed by atoms with Crippen LogP contribution in [-0.2, 0) is 14.8 Å². The molecule has 0 unspecified atom stereocenters. The van der Waals surface area contributed by atoms with Crippen LogP contribution < -0.4 is 9.62 Å². The fourth-order valence-electron chi connectivity index (χ4n) is 2.06. The predicted octanol–water partition coefficient (Wildman–Crippen LogP) is 3.47. The van der Waals surface area contributed by atoms with Gasteiger partial charge >= 0.3 is 0 Å². The number of halogens is 1. The summed E-state index contributed by atoms with van der Waals surface area (Å²) in [4.78, 5) is 13.2. The van der Waals surface area contributed by atoms with Gasteiger partial charge < -0.3 is 5.32 Å². The van der Waals surface area contributed by atoms with Gasteiger partial charge in [-0.05, 0) is 42.7 Å². The number of hydrogen-bond donors (Lipinski definition) is 1. The second kappa shape index (κ2) is 7.92. The Hall–Kier alpha value is -1.70. The fraction of sp³-hybridized carbons (Fsp3) is 0.188. The minimum absolute atomic E-state index is 0.316. The summed E-state index contributed by atoms with van der Waals surface area (Å²) in [5.74, 6) is -0.447. The molecule has 0 fully saturated rings. The summed E-state index contributed by atoms with van der Waals surface area (Å²) in [6.45, 7) is -0.316. The maximum atomic E-state index is 12.2. The van der Waals surface area contributed by atoms with Crippen LogP contribution in [0, 0.1) is 0 Å². The maximum absolute atomic E-state index is 12.2. The number of thioether (sulfide) groups is 1. The summed E-state index contributed by atoms with van der Waals surface area (Å²) < 4.78 is 25.3. The molecule has 8 heteroatoms. The Morgan fingerprint density at radius 1 is 1.21 bits per heavy atom. The third kappa shape index (κ3) is 5.15. The lowest BCUT2D eigenvalue weighted by molar-refractivity contribution is -0.114. The van der Waals surface area contributed by atoms with Gasteiger partial charge in [0.2, 0.25) is 15.9 Å². The zero-order valence-corrected chi connectivity index (χ0v) is 15.6. The van der Waals surface area contributed by atoms with Gasteiger partial charge in [-0.25, -0.2) is 8.42 Å². The smallest absolute Gasteiger partial charge is 0.245 e. The van der Waals surface area contributed by atoms with Gasteiger partial charge in [0, 0.05) is 15.6 Å². The lowest BCUT2D eigenvalue weighted by Crippen LogP contribution is -2.37. The number of benzene rings is 2. The van der Waals surface area contributed by atoms with Gasteiger partial charge in [-0.1, -0.05) is 23.7 Å². The van der Waals surface area contributed by atoms with E-state index in [4.69, 9.17) is 11.6 Å². The van der Waals surface area contributed by atoms with E-state index in [9.17, 15) is 13.2 Å². The molecule has 128 valence electrons. The van der Waals surface area contributed by atoms with Crippen molar-refractivity contribution in [2.24, 2.45) is 0 Å². The molecule has 0 saturated heterocycles. The molecule has 1 N–H and O–H groups in total. The number of rotatable bonds is 6. The SMILES string of the molecule is CSc1cccc(N(CC(=O)Nc2cccc(Cl)c2)S(C)(=O)=O)c1. The molecule has 0 saturated carbocycles. The summed E-state index contributed by atoms with van der Waals surface area (Å²) in [5.41, 5.74) is 0.962. The number of carbonyl (C=O) groups excluding carboxylic acids is 1. The molecule has 0 aromatic heterocycles. The summed E-state index contributed by atoms with van der Waals surface area (Å²) >= 11 is 7.37. The summed E-state index contributed by atoms with van der Waals surface area (Å²) in [5, 5.41) is 3.14.